The van der Waals surface area contributed by atoms with Crippen molar-refractivity contribution in [2.24, 2.45) is 0 Å². The van der Waals surface area contributed by atoms with Crippen LogP contribution in [0, 0.1) is 0 Å². The summed E-state index contributed by atoms with van der Waals surface area (Å²) in [4.78, 5) is 32.8. The van der Waals surface area contributed by atoms with Crippen molar-refractivity contribution in [3.05, 3.63) is 71.0 Å². The molecule has 0 aliphatic carbocycles. The van der Waals surface area contributed by atoms with Gasteiger partial charge in [0.2, 0.25) is 11.8 Å². The Labute approximate surface area is 239 Å². The third kappa shape index (κ3) is 5.47. The first-order valence-electron chi connectivity index (χ1n) is 14.8. The standard InChI is InChI=1S/C32H36N4O5/c37-30-6-5-29(31(38)34-30)36-17-24-15-26(3-4-28(24)32(36)39)41-27-7-10-35(19-27)18-25-14-22-2-1-21(13-23(22)16-33-25)20-8-11-40-12-9-20/h1-4,13-16,20,27,29,32,39H,5-12,17-19H2,(H,34,37,38)/t27-,29?,32?/m0/s1. The van der Waals surface area contributed by atoms with Crippen LogP contribution in [0.2, 0.25) is 0 Å². The lowest BCUT2D eigenvalue weighted by Gasteiger charge is -2.31. The minimum atomic E-state index is -0.868. The number of likely N-dealkylation sites (tertiary alicyclic amines) is 1. The highest BCUT2D eigenvalue weighted by Crippen LogP contribution is 2.37. The molecule has 0 radical (unpaired) electrons. The van der Waals surface area contributed by atoms with Crippen LogP contribution in [0.4, 0.5) is 0 Å². The van der Waals surface area contributed by atoms with Crippen molar-refractivity contribution >= 4 is 22.6 Å². The number of piperidine rings is 1. The number of amides is 2. The minimum absolute atomic E-state index is 0.0769. The maximum Gasteiger partial charge on any atom is 0.244 e. The number of hydrogen-bond acceptors (Lipinski definition) is 8. The first-order chi connectivity index (χ1) is 20.0. The quantitative estimate of drug-likeness (QED) is 0.446. The second-order valence-electron chi connectivity index (χ2n) is 11.8. The van der Waals surface area contributed by atoms with Gasteiger partial charge >= 0.3 is 0 Å². The monoisotopic (exact) mass is 556 g/mol. The second kappa shape index (κ2) is 11.1. The molecule has 9 nitrogen and oxygen atoms in total. The molecule has 1 aromatic heterocycles. The average Bonchev–Trinajstić information content (AvgIpc) is 3.56. The van der Waals surface area contributed by atoms with Gasteiger partial charge in [0.05, 0.1) is 11.7 Å². The molecule has 4 aliphatic rings. The summed E-state index contributed by atoms with van der Waals surface area (Å²) in [7, 11) is 0. The summed E-state index contributed by atoms with van der Waals surface area (Å²) in [6, 6.07) is 14.2. The van der Waals surface area contributed by atoms with E-state index >= 15 is 0 Å². The number of benzene rings is 2. The predicted octanol–water partition coefficient (Wildman–Crippen LogP) is 3.39. The summed E-state index contributed by atoms with van der Waals surface area (Å²) in [5, 5.41) is 15.7. The molecular formula is C32H36N4O5. The van der Waals surface area contributed by atoms with Crippen molar-refractivity contribution in [1.29, 1.82) is 0 Å². The Morgan fingerprint density at radius 3 is 2.76 bits per heavy atom. The molecule has 0 bridgehead atoms. The Balaban J connectivity index is 0.957. The lowest BCUT2D eigenvalue weighted by atomic mass is 9.90. The summed E-state index contributed by atoms with van der Waals surface area (Å²) in [6.45, 7) is 4.69. The first kappa shape index (κ1) is 26.5. The summed E-state index contributed by atoms with van der Waals surface area (Å²) >= 11 is 0. The van der Waals surface area contributed by atoms with E-state index < -0.39 is 12.3 Å². The molecule has 2 unspecified atom stereocenters. The molecule has 5 heterocycles. The number of imide groups is 1. The largest absolute Gasteiger partial charge is 0.489 e. The molecule has 3 saturated heterocycles. The number of aliphatic hydroxyl groups is 1. The summed E-state index contributed by atoms with van der Waals surface area (Å²) in [6.07, 6.45) is 5.03. The second-order valence-corrected chi connectivity index (χ2v) is 11.8. The minimum Gasteiger partial charge on any atom is -0.489 e. The molecule has 4 aliphatic heterocycles. The van der Waals surface area contributed by atoms with Crippen LogP contribution in [0.15, 0.2) is 48.7 Å². The molecule has 0 saturated carbocycles. The van der Waals surface area contributed by atoms with E-state index in [2.05, 4.69) is 34.5 Å². The molecule has 0 spiro atoms. The Kier molecular flexibility index (Phi) is 7.20. The van der Waals surface area contributed by atoms with Gasteiger partial charge in [-0.3, -0.25) is 29.7 Å². The van der Waals surface area contributed by atoms with Crippen molar-refractivity contribution in [3.8, 4) is 5.75 Å². The molecule has 3 aromatic rings. The van der Waals surface area contributed by atoms with E-state index in [0.717, 1.165) is 74.7 Å². The van der Waals surface area contributed by atoms with Gasteiger partial charge in [0, 0.05) is 63.0 Å². The number of nitrogens with one attached hydrogen (secondary N) is 1. The van der Waals surface area contributed by atoms with E-state index in [4.69, 9.17) is 14.5 Å². The third-order valence-electron chi connectivity index (χ3n) is 9.08. The van der Waals surface area contributed by atoms with Crippen molar-refractivity contribution in [1.82, 2.24) is 20.1 Å². The van der Waals surface area contributed by atoms with Crippen LogP contribution in [-0.2, 0) is 27.4 Å². The number of carbonyl (C=O) groups is 2. The number of pyridine rings is 1. The van der Waals surface area contributed by atoms with Gasteiger partial charge in [-0.25, -0.2) is 0 Å². The fourth-order valence-electron chi connectivity index (χ4n) is 6.82. The summed E-state index contributed by atoms with van der Waals surface area (Å²) in [5.74, 6) is 0.762. The van der Waals surface area contributed by atoms with Crippen molar-refractivity contribution in [2.45, 2.75) is 69.5 Å². The van der Waals surface area contributed by atoms with E-state index in [1.165, 1.54) is 16.3 Å². The SMILES string of the molecule is O=C1CCC(N2Cc3cc(O[C@H]4CCN(Cc5cc6ccc(C7CCOCC7)cc6cn5)C4)ccc3C2O)C(=O)N1. The number of nitrogens with zero attached hydrogens (tertiary/aromatic N) is 3. The maximum absolute atomic E-state index is 12.4. The zero-order valence-corrected chi connectivity index (χ0v) is 23.1. The van der Waals surface area contributed by atoms with Crippen molar-refractivity contribution in [2.75, 3.05) is 26.3 Å². The third-order valence-corrected chi connectivity index (χ3v) is 9.08. The van der Waals surface area contributed by atoms with Gasteiger partial charge in [0.1, 0.15) is 18.1 Å². The van der Waals surface area contributed by atoms with E-state index in [1.807, 2.05) is 24.4 Å². The van der Waals surface area contributed by atoms with Crippen molar-refractivity contribution in [3.63, 3.8) is 0 Å². The molecule has 214 valence electrons. The topological polar surface area (TPSA) is 104 Å². The fourth-order valence-corrected chi connectivity index (χ4v) is 6.82. The van der Waals surface area contributed by atoms with Gasteiger partial charge in [0.15, 0.2) is 0 Å². The molecule has 41 heavy (non-hydrogen) atoms. The molecule has 3 atom stereocenters. The number of rotatable bonds is 6. The Morgan fingerprint density at radius 2 is 1.90 bits per heavy atom. The molecule has 7 rings (SSSR count). The zero-order valence-electron chi connectivity index (χ0n) is 23.1. The number of carbonyl (C=O) groups excluding carboxylic acids is 2. The highest BCUT2D eigenvalue weighted by molar-refractivity contribution is 6.00. The van der Waals surface area contributed by atoms with E-state index in [9.17, 15) is 14.7 Å². The van der Waals surface area contributed by atoms with Gasteiger partial charge < -0.3 is 14.6 Å². The highest BCUT2D eigenvalue weighted by atomic mass is 16.5. The zero-order chi connectivity index (χ0) is 27.9. The lowest BCUT2D eigenvalue weighted by molar-refractivity contribution is -0.141. The van der Waals surface area contributed by atoms with Crippen LogP contribution in [0.5, 0.6) is 5.75 Å². The number of ether oxygens (including phenoxy) is 2. The van der Waals surface area contributed by atoms with Gasteiger partial charge in [-0.15, -0.1) is 0 Å². The number of aliphatic hydroxyl groups excluding tert-OH is 1. The smallest absolute Gasteiger partial charge is 0.244 e. The molecule has 2 N–H and O–H groups in total. The summed E-state index contributed by atoms with van der Waals surface area (Å²) < 4.78 is 11.9. The van der Waals surface area contributed by atoms with Crippen LogP contribution in [0.1, 0.15) is 66.6 Å². The Morgan fingerprint density at radius 1 is 1.02 bits per heavy atom. The van der Waals surface area contributed by atoms with Crippen LogP contribution >= 0.6 is 0 Å². The van der Waals surface area contributed by atoms with Crippen LogP contribution in [0.3, 0.4) is 0 Å². The first-order valence-corrected chi connectivity index (χ1v) is 14.8. The molecule has 3 fully saturated rings. The highest BCUT2D eigenvalue weighted by Gasteiger charge is 2.40. The van der Waals surface area contributed by atoms with Crippen LogP contribution in [0.25, 0.3) is 10.8 Å². The Bertz CT molecular complexity index is 1470. The van der Waals surface area contributed by atoms with Gasteiger partial charge in [-0.2, -0.15) is 0 Å². The molecule has 9 heteroatoms. The lowest BCUT2D eigenvalue weighted by Crippen LogP contribution is -2.51. The van der Waals surface area contributed by atoms with Crippen LogP contribution in [-0.4, -0.2) is 70.2 Å². The molecular weight excluding hydrogens is 520 g/mol. The number of aromatic nitrogens is 1. The van der Waals surface area contributed by atoms with E-state index in [-0.39, 0.29) is 24.3 Å². The van der Waals surface area contributed by atoms with Crippen molar-refractivity contribution < 1.29 is 24.2 Å². The fraction of sp³-hybridized carbons (Fsp3) is 0.469. The van der Waals surface area contributed by atoms with Gasteiger partial charge in [0.25, 0.3) is 0 Å². The predicted molar refractivity (Wildman–Crippen MR) is 152 cm³/mol. The van der Waals surface area contributed by atoms with E-state index in [1.54, 1.807) is 4.90 Å². The van der Waals surface area contributed by atoms with Gasteiger partial charge in [-0.1, -0.05) is 18.2 Å². The maximum atomic E-state index is 12.4. The molecule has 2 aromatic carbocycles. The number of hydrogen-bond donors (Lipinski definition) is 2. The number of fused-ring (bicyclic) bond motifs is 2. The summed E-state index contributed by atoms with van der Waals surface area (Å²) in [5.41, 5.74) is 4.20. The molecule has 2 amide bonds. The average molecular weight is 557 g/mol. The normalized spacial score (nSPS) is 25.9. The van der Waals surface area contributed by atoms with E-state index in [0.29, 0.717) is 18.9 Å². The van der Waals surface area contributed by atoms with Crippen LogP contribution < -0.4 is 10.1 Å². The Hall–Kier alpha value is -3.37. The van der Waals surface area contributed by atoms with Gasteiger partial charge in [-0.05, 0) is 72.4 Å².